The SMILES string of the molecule is COc1ccc(CCN[C@H](c2ccccc2)[C@H]2CNc3cccnc3N2)cn1. The molecule has 2 atom stereocenters. The van der Waals surface area contributed by atoms with Gasteiger partial charge in [0.2, 0.25) is 5.88 Å². The molecule has 0 amide bonds. The van der Waals surface area contributed by atoms with Crippen LogP contribution < -0.4 is 20.7 Å². The van der Waals surface area contributed by atoms with Gasteiger partial charge < -0.3 is 20.7 Å². The molecule has 1 aromatic carbocycles. The van der Waals surface area contributed by atoms with Crippen molar-refractivity contribution in [3.63, 3.8) is 0 Å². The largest absolute Gasteiger partial charge is 0.481 e. The molecule has 0 saturated heterocycles. The number of ether oxygens (including phenoxy) is 1. The molecule has 0 bridgehead atoms. The van der Waals surface area contributed by atoms with Gasteiger partial charge in [0.1, 0.15) is 5.82 Å². The maximum absolute atomic E-state index is 5.13. The van der Waals surface area contributed by atoms with Gasteiger partial charge in [-0.2, -0.15) is 0 Å². The predicted octanol–water partition coefficient (Wildman–Crippen LogP) is 3.26. The number of fused-ring (bicyclic) bond motifs is 1. The molecule has 144 valence electrons. The number of benzene rings is 1. The molecule has 0 saturated carbocycles. The van der Waals surface area contributed by atoms with Crippen molar-refractivity contribution >= 4 is 11.5 Å². The summed E-state index contributed by atoms with van der Waals surface area (Å²) in [5, 5.41) is 10.8. The monoisotopic (exact) mass is 375 g/mol. The average molecular weight is 375 g/mol. The minimum atomic E-state index is 0.162. The molecule has 28 heavy (non-hydrogen) atoms. The molecule has 3 N–H and O–H groups in total. The van der Waals surface area contributed by atoms with E-state index in [4.69, 9.17) is 4.74 Å². The Bertz CT molecular complexity index is 885. The molecular weight excluding hydrogens is 350 g/mol. The smallest absolute Gasteiger partial charge is 0.212 e. The van der Waals surface area contributed by atoms with E-state index in [1.54, 1.807) is 7.11 Å². The summed E-state index contributed by atoms with van der Waals surface area (Å²) in [7, 11) is 1.63. The van der Waals surface area contributed by atoms with Gasteiger partial charge in [0.05, 0.1) is 24.9 Å². The Morgan fingerprint density at radius 2 is 2.00 bits per heavy atom. The second kappa shape index (κ2) is 8.71. The first-order chi connectivity index (χ1) is 13.8. The predicted molar refractivity (Wildman–Crippen MR) is 112 cm³/mol. The van der Waals surface area contributed by atoms with Crippen LogP contribution in [0.2, 0.25) is 0 Å². The van der Waals surface area contributed by atoms with E-state index in [1.165, 1.54) is 11.1 Å². The third-order valence-corrected chi connectivity index (χ3v) is 4.99. The van der Waals surface area contributed by atoms with E-state index in [1.807, 2.05) is 36.7 Å². The minimum absolute atomic E-state index is 0.162. The van der Waals surface area contributed by atoms with E-state index >= 15 is 0 Å². The number of pyridine rings is 2. The van der Waals surface area contributed by atoms with Gasteiger partial charge in [-0.3, -0.25) is 0 Å². The van der Waals surface area contributed by atoms with Gasteiger partial charge in [0, 0.05) is 25.0 Å². The zero-order chi connectivity index (χ0) is 19.2. The highest BCUT2D eigenvalue weighted by Crippen LogP contribution is 2.28. The Morgan fingerprint density at radius 3 is 2.79 bits per heavy atom. The first-order valence-corrected chi connectivity index (χ1v) is 9.56. The summed E-state index contributed by atoms with van der Waals surface area (Å²) in [6.07, 6.45) is 4.59. The molecular formula is C22H25N5O. The van der Waals surface area contributed by atoms with Gasteiger partial charge >= 0.3 is 0 Å². The van der Waals surface area contributed by atoms with E-state index in [2.05, 4.69) is 56.3 Å². The molecule has 6 heteroatoms. The highest BCUT2D eigenvalue weighted by molar-refractivity contribution is 5.67. The number of nitrogens with one attached hydrogen (secondary N) is 3. The second-order valence-electron chi connectivity index (χ2n) is 6.83. The van der Waals surface area contributed by atoms with Crippen molar-refractivity contribution in [1.82, 2.24) is 15.3 Å². The summed E-state index contributed by atoms with van der Waals surface area (Å²) in [6.45, 7) is 1.68. The van der Waals surface area contributed by atoms with Crippen LogP contribution in [0.25, 0.3) is 0 Å². The number of aromatic nitrogens is 2. The maximum atomic E-state index is 5.13. The lowest BCUT2D eigenvalue weighted by molar-refractivity contribution is 0.397. The third kappa shape index (κ3) is 4.23. The van der Waals surface area contributed by atoms with E-state index in [0.717, 1.165) is 31.0 Å². The van der Waals surface area contributed by atoms with Crippen molar-refractivity contribution in [2.24, 2.45) is 0 Å². The van der Waals surface area contributed by atoms with Crippen LogP contribution >= 0.6 is 0 Å². The van der Waals surface area contributed by atoms with Gasteiger partial charge in [0.25, 0.3) is 0 Å². The minimum Gasteiger partial charge on any atom is -0.481 e. The molecule has 2 aromatic heterocycles. The van der Waals surface area contributed by atoms with Gasteiger partial charge in [-0.1, -0.05) is 36.4 Å². The van der Waals surface area contributed by atoms with Crippen molar-refractivity contribution in [1.29, 1.82) is 0 Å². The summed E-state index contributed by atoms with van der Waals surface area (Å²) < 4.78 is 5.13. The zero-order valence-corrected chi connectivity index (χ0v) is 15.9. The fraction of sp³-hybridized carbons (Fsp3) is 0.273. The normalized spacial score (nSPS) is 16.4. The van der Waals surface area contributed by atoms with Crippen molar-refractivity contribution < 1.29 is 4.74 Å². The van der Waals surface area contributed by atoms with Crippen molar-refractivity contribution in [2.75, 3.05) is 30.8 Å². The van der Waals surface area contributed by atoms with Gasteiger partial charge in [0.15, 0.2) is 0 Å². The van der Waals surface area contributed by atoms with Crippen molar-refractivity contribution in [2.45, 2.75) is 18.5 Å². The molecule has 1 aliphatic heterocycles. The summed E-state index contributed by atoms with van der Waals surface area (Å²) in [4.78, 5) is 8.76. The van der Waals surface area contributed by atoms with E-state index in [9.17, 15) is 0 Å². The van der Waals surface area contributed by atoms with Crippen LogP contribution in [0, 0.1) is 0 Å². The molecule has 0 spiro atoms. The fourth-order valence-electron chi connectivity index (χ4n) is 3.52. The van der Waals surface area contributed by atoms with Crippen LogP contribution in [0.15, 0.2) is 67.0 Å². The van der Waals surface area contributed by atoms with Crippen LogP contribution in [-0.4, -0.2) is 36.2 Å². The first-order valence-electron chi connectivity index (χ1n) is 9.56. The number of methoxy groups -OCH3 is 1. The van der Waals surface area contributed by atoms with E-state index in [-0.39, 0.29) is 12.1 Å². The Hall–Kier alpha value is -3.12. The lowest BCUT2D eigenvalue weighted by Gasteiger charge is -2.34. The first kappa shape index (κ1) is 18.3. The molecule has 0 aliphatic carbocycles. The molecule has 4 rings (SSSR count). The summed E-state index contributed by atoms with van der Waals surface area (Å²) >= 11 is 0. The Morgan fingerprint density at radius 1 is 1.11 bits per heavy atom. The van der Waals surface area contributed by atoms with Crippen LogP contribution in [-0.2, 0) is 6.42 Å². The molecule has 0 radical (unpaired) electrons. The van der Waals surface area contributed by atoms with Crippen LogP contribution in [0.1, 0.15) is 17.2 Å². The van der Waals surface area contributed by atoms with Crippen molar-refractivity contribution in [3.8, 4) is 5.88 Å². The number of hydrogen-bond acceptors (Lipinski definition) is 6. The molecule has 1 aliphatic rings. The number of anilines is 2. The molecule has 3 aromatic rings. The number of nitrogens with zero attached hydrogens (tertiary/aromatic N) is 2. The van der Waals surface area contributed by atoms with Crippen LogP contribution in [0.4, 0.5) is 11.5 Å². The number of hydrogen-bond donors (Lipinski definition) is 3. The quantitative estimate of drug-likeness (QED) is 0.589. The van der Waals surface area contributed by atoms with Gasteiger partial charge in [-0.05, 0) is 36.2 Å². The van der Waals surface area contributed by atoms with Crippen molar-refractivity contribution in [3.05, 3.63) is 78.1 Å². The second-order valence-corrected chi connectivity index (χ2v) is 6.83. The van der Waals surface area contributed by atoms with Gasteiger partial charge in [-0.15, -0.1) is 0 Å². The van der Waals surface area contributed by atoms with Crippen LogP contribution in [0.5, 0.6) is 5.88 Å². The highest BCUT2D eigenvalue weighted by atomic mass is 16.5. The average Bonchev–Trinajstić information content (AvgIpc) is 2.77. The molecule has 0 fully saturated rings. The third-order valence-electron chi connectivity index (χ3n) is 4.99. The zero-order valence-electron chi connectivity index (χ0n) is 15.9. The molecule has 0 unspecified atom stereocenters. The Balaban J connectivity index is 1.45. The Labute approximate surface area is 165 Å². The number of rotatable bonds is 7. The topological polar surface area (TPSA) is 71.1 Å². The standard InChI is InChI=1S/C22H25N5O/c1-28-20-10-9-16(14-26-20)11-13-23-21(17-6-3-2-4-7-17)19-15-25-18-8-5-12-24-22(18)27-19/h2-10,12,14,19,21,23,25H,11,13,15H2,1H3,(H,24,27)/t19-,21-/m1/s1. The summed E-state index contributed by atoms with van der Waals surface area (Å²) in [5.41, 5.74) is 3.49. The maximum Gasteiger partial charge on any atom is 0.212 e. The molecule has 3 heterocycles. The summed E-state index contributed by atoms with van der Waals surface area (Å²) in [5.74, 6) is 1.54. The van der Waals surface area contributed by atoms with E-state index in [0.29, 0.717) is 5.88 Å². The highest BCUT2D eigenvalue weighted by Gasteiger charge is 2.27. The molecule has 6 nitrogen and oxygen atoms in total. The van der Waals surface area contributed by atoms with Crippen LogP contribution in [0.3, 0.4) is 0 Å². The lowest BCUT2D eigenvalue weighted by Crippen LogP contribution is -2.44. The van der Waals surface area contributed by atoms with Gasteiger partial charge in [-0.25, -0.2) is 9.97 Å². The fourth-order valence-corrected chi connectivity index (χ4v) is 3.52. The lowest BCUT2D eigenvalue weighted by atomic mass is 9.97. The summed E-state index contributed by atoms with van der Waals surface area (Å²) in [6, 6.07) is 18.9. The Kier molecular flexibility index (Phi) is 5.68. The van der Waals surface area contributed by atoms with E-state index < -0.39 is 0 Å².